The van der Waals surface area contributed by atoms with Gasteiger partial charge in [0.25, 0.3) is 0 Å². The third-order valence-corrected chi connectivity index (χ3v) is 1.95. The number of carboxylic acids is 1. The minimum absolute atomic E-state index is 0.121. The molecule has 0 unspecified atom stereocenters. The van der Waals surface area contributed by atoms with Crippen LogP contribution in [0.3, 0.4) is 0 Å². The van der Waals surface area contributed by atoms with E-state index in [2.05, 4.69) is 9.72 Å². The fraction of sp³-hybridized carbons (Fsp3) is 0.400. The molecule has 0 spiro atoms. The lowest BCUT2D eigenvalue weighted by Gasteiger charge is -2.13. The smallest absolute Gasteiger partial charge is 0.495 e. The third-order valence-electron chi connectivity index (χ3n) is 1.95. The number of nitrogens with zero attached hydrogens (tertiary/aromatic N) is 1. The lowest BCUT2D eigenvalue weighted by molar-refractivity contribution is -0.276. The van der Waals surface area contributed by atoms with Crippen molar-refractivity contribution in [3.05, 3.63) is 17.3 Å². The Balaban J connectivity index is 3.17. The number of pyridine rings is 1. The lowest BCUT2D eigenvalue weighted by Crippen LogP contribution is -2.19. The first-order chi connectivity index (χ1) is 8.23. The van der Waals surface area contributed by atoms with E-state index in [4.69, 9.17) is 9.84 Å². The van der Waals surface area contributed by atoms with Crippen LogP contribution < -0.4 is 9.47 Å². The van der Waals surface area contributed by atoms with Crippen LogP contribution in [0, 0.1) is 6.92 Å². The molecule has 8 heteroatoms. The minimum atomic E-state index is -4.88. The average molecular weight is 265 g/mol. The molecule has 0 aliphatic heterocycles. The second kappa shape index (κ2) is 5.11. The lowest BCUT2D eigenvalue weighted by atomic mass is 10.2. The van der Waals surface area contributed by atoms with Crippen LogP contribution in [0.25, 0.3) is 0 Å². The third kappa shape index (κ3) is 3.79. The largest absolute Gasteiger partial charge is 0.574 e. The number of aliphatic carboxylic acids is 1. The minimum Gasteiger partial charge on any atom is -0.495 e. The van der Waals surface area contributed by atoms with E-state index >= 15 is 0 Å². The van der Waals surface area contributed by atoms with Gasteiger partial charge in [0.2, 0.25) is 5.88 Å². The Bertz CT molecular complexity index is 459. The van der Waals surface area contributed by atoms with Crippen molar-refractivity contribution in [1.29, 1.82) is 0 Å². The van der Waals surface area contributed by atoms with Gasteiger partial charge >= 0.3 is 12.3 Å². The molecule has 0 saturated carbocycles. The second-order valence-corrected chi connectivity index (χ2v) is 3.38. The second-order valence-electron chi connectivity index (χ2n) is 3.38. The molecule has 1 aromatic rings. The summed E-state index contributed by atoms with van der Waals surface area (Å²) in [4.78, 5) is 14.1. The van der Waals surface area contributed by atoms with Crippen LogP contribution in [0.1, 0.15) is 11.3 Å². The fourth-order valence-corrected chi connectivity index (χ4v) is 1.41. The molecule has 0 radical (unpaired) electrons. The summed E-state index contributed by atoms with van der Waals surface area (Å²) in [7, 11) is 1.28. The van der Waals surface area contributed by atoms with E-state index in [1.54, 1.807) is 0 Å². The quantitative estimate of drug-likeness (QED) is 0.900. The molecule has 0 bridgehead atoms. The topological polar surface area (TPSA) is 68.7 Å². The van der Waals surface area contributed by atoms with E-state index in [1.807, 2.05) is 0 Å². The number of ether oxygens (including phenoxy) is 2. The molecule has 1 rings (SSSR count). The molecule has 0 fully saturated rings. The Kier molecular flexibility index (Phi) is 4.00. The van der Waals surface area contributed by atoms with Gasteiger partial charge in [-0.25, -0.2) is 4.98 Å². The molecule has 0 amide bonds. The highest BCUT2D eigenvalue weighted by molar-refractivity contribution is 5.71. The van der Waals surface area contributed by atoms with E-state index in [0.29, 0.717) is 5.56 Å². The van der Waals surface area contributed by atoms with Gasteiger partial charge in [-0.05, 0) is 12.5 Å². The number of hydrogen-bond acceptors (Lipinski definition) is 4. The Morgan fingerprint density at radius 1 is 1.50 bits per heavy atom. The number of hydrogen-bond donors (Lipinski definition) is 1. The van der Waals surface area contributed by atoms with Crippen molar-refractivity contribution >= 4 is 5.97 Å². The molecular formula is C10H10F3NO4. The maximum absolute atomic E-state index is 12.0. The van der Waals surface area contributed by atoms with E-state index < -0.39 is 24.6 Å². The van der Waals surface area contributed by atoms with E-state index in [9.17, 15) is 18.0 Å². The van der Waals surface area contributed by atoms with Crippen LogP contribution in [0.5, 0.6) is 11.6 Å². The normalized spacial score (nSPS) is 11.2. The zero-order chi connectivity index (χ0) is 13.9. The van der Waals surface area contributed by atoms with Gasteiger partial charge in [-0.3, -0.25) is 4.79 Å². The number of alkyl halides is 3. The highest BCUT2D eigenvalue weighted by atomic mass is 19.4. The summed E-state index contributed by atoms with van der Waals surface area (Å²) >= 11 is 0. The van der Waals surface area contributed by atoms with Gasteiger partial charge in [0.05, 0.1) is 19.2 Å². The molecule has 5 nitrogen and oxygen atoms in total. The number of rotatable bonds is 4. The predicted molar refractivity (Wildman–Crippen MR) is 53.5 cm³/mol. The summed E-state index contributed by atoms with van der Waals surface area (Å²) < 4.78 is 44.7. The average Bonchev–Trinajstić information content (AvgIpc) is 2.13. The Labute approximate surface area is 100 Å². The zero-order valence-corrected chi connectivity index (χ0v) is 9.54. The monoisotopic (exact) mass is 265 g/mol. The molecule has 1 aromatic heterocycles. The van der Waals surface area contributed by atoms with Gasteiger partial charge in [-0.2, -0.15) is 0 Å². The number of halogens is 3. The van der Waals surface area contributed by atoms with E-state index in [-0.39, 0.29) is 11.4 Å². The molecule has 0 aromatic carbocycles. The van der Waals surface area contributed by atoms with Gasteiger partial charge < -0.3 is 14.6 Å². The molecule has 18 heavy (non-hydrogen) atoms. The highest BCUT2D eigenvalue weighted by Crippen LogP contribution is 2.29. The number of carboxylic acid groups (broad SMARTS) is 1. The maximum atomic E-state index is 12.0. The van der Waals surface area contributed by atoms with E-state index in [1.165, 1.54) is 14.0 Å². The van der Waals surface area contributed by atoms with Crippen LogP contribution >= 0.6 is 0 Å². The van der Waals surface area contributed by atoms with Crippen LogP contribution in [0.2, 0.25) is 0 Å². The number of aryl methyl sites for hydroxylation is 1. The highest BCUT2D eigenvalue weighted by Gasteiger charge is 2.32. The van der Waals surface area contributed by atoms with Crippen molar-refractivity contribution in [2.24, 2.45) is 0 Å². The zero-order valence-electron chi connectivity index (χ0n) is 9.54. The summed E-state index contributed by atoms with van der Waals surface area (Å²) in [6.45, 7) is 1.47. The van der Waals surface area contributed by atoms with Crippen molar-refractivity contribution in [2.45, 2.75) is 19.7 Å². The standard InChI is InChI=1S/C10H10F3NO4/c1-5-3-7(18-10(11,12)13)14-6(4-8(15)16)9(5)17-2/h3H,4H2,1-2H3,(H,15,16). The van der Waals surface area contributed by atoms with Crippen LogP contribution in [-0.2, 0) is 11.2 Å². The Hall–Kier alpha value is -1.99. The number of methoxy groups -OCH3 is 1. The first-order valence-corrected chi connectivity index (χ1v) is 4.75. The Morgan fingerprint density at radius 2 is 2.11 bits per heavy atom. The first kappa shape index (κ1) is 14.1. The van der Waals surface area contributed by atoms with Gasteiger partial charge in [-0.1, -0.05) is 0 Å². The van der Waals surface area contributed by atoms with Crippen molar-refractivity contribution in [2.75, 3.05) is 7.11 Å². The molecule has 1 N–H and O–H groups in total. The van der Waals surface area contributed by atoms with E-state index in [0.717, 1.165) is 6.07 Å². The summed E-state index contributed by atoms with van der Waals surface area (Å²) in [5.41, 5.74) is 0.187. The van der Waals surface area contributed by atoms with Crippen molar-refractivity contribution in [3.63, 3.8) is 0 Å². The molecule has 100 valence electrons. The van der Waals surface area contributed by atoms with Crippen molar-refractivity contribution in [1.82, 2.24) is 4.98 Å². The van der Waals surface area contributed by atoms with Crippen molar-refractivity contribution < 1.29 is 32.5 Å². The van der Waals surface area contributed by atoms with Gasteiger partial charge in [0, 0.05) is 6.07 Å². The van der Waals surface area contributed by atoms with Crippen LogP contribution in [-0.4, -0.2) is 29.5 Å². The molecular weight excluding hydrogens is 255 g/mol. The van der Waals surface area contributed by atoms with Gasteiger partial charge in [0.15, 0.2) is 0 Å². The number of aromatic nitrogens is 1. The summed E-state index contributed by atoms with van der Waals surface area (Å²) in [5.74, 6) is -1.81. The molecule has 0 atom stereocenters. The first-order valence-electron chi connectivity index (χ1n) is 4.75. The number of carbonyl (C=O) groups is 1. The predicted octanol–water partition coefficient (Wildman–Crippen LogP) is 1.92. The SMILES string of the molecule is COc1c(C)cc(OC(F)(F)F)nc1CC(=O)O. The summed E-state index contributed by atoms with van der Waals surface area (Å²) in [6, 6.07) is 1.03. The van der Waals surface area contributed by atoms with Crippen LogP contribution in [0.15, 0.2) is 6.07 Å². The molecule has 1 heterocycles. The fourth-order valence-electron chi connectivity index (χ4n) is 1.41. The molecule has 0 aliphatic rings. The van der Waals surface area contributed by atoms with Gasteiger partial charge in [-0.15, -0.1) is 13.2 Å². The maximum Gasteiger partial charge on any atom is 0.574 e. The summed E-state index contributed by atoms with van der Waals surface area (Å²) in [6.07, 6.45) is -5.44. The Morgan fingerprint density at radius 3 is 2.56 bits per heavy atom. The van der Waals surface area contributed by atoms with Gasteiger partial charge in [0.1, 0.15) is 5.75 Å². The molecule has 0 aliphatic carbocycles. The van der Waals surface area contributed by atoms with Crippen molar-refractivity contribution in [3.8, 4) is 11.6 Å². The summed E-state index contributed by atoms with van der Waals surface area (Å²) in [5, 5.41) is 8.64. The van der Waals surface area contributed by atoms with Crippen LogP contribution in [0.4, 0.5) is 13.2 Å². The molecule has 0 saturated heterocycles.